The Morgan fingerprint density at radius 1 is 0.969 bits per heavy atom. The van der Waals surface area contributed by atoms with Crippen LogP contribution in [0.4, 0.5) is 5.69 Å². The molecule has 1 aromatic heterocycles. The van der Waals surface area contributed by atoms with Crippen LogP contribution < -0.4 is 10.1 Å². The largest absolute Gasteiger partial charge is 0.489 e. The molecule has 0 aliphatic heterocycles. The van der Waals surface area contributed by atoms with Gasteiger partial charge in [-0.25, -0.2) is 0 Å². The number of nitrogens with zero attached hydrogens (tertiary/aromatic N) is 2. The lowest BCUT2D eigenvalue weighted by Gasteiger charge is -2.08. The van der Waals surface area contributed by atoms with Crippen LogP contribution in [0.15, 0.2) is 79.1 Å². The maximum atomic E-state index is 12.7. The molecule has 0 aliphatic carbocycles. The molecule has 0 bridgehead atoms. The summed E-state index contributed by atoms with van der Waals surface area (Å²) in [4.78, 5) is 12.7. The molecule has 0 radical (unpaired) electrons. The zero-order chi connectivity index (χ0) is 22.5. The number of hydrogen-bond acceptors (Lipinski definition) is 3. The zero-order valence-electron chi connectivity index (χ0n) is 16.8. The van der Waals surface area contributed by atoms with Gasteiger partial charge in [0.1, 0.15) is 12.4 Å². The number of amides is 1. The van der Waals surface area contributed by atoms with Crippen molar-refractivity contribution >= 4 is 46.4 Å². The molecule has 1 N–H and O–H groups in total. The molecule has 0 saturated heterocycles. The summed E-state index contributed by atoms with van der Waals surface area (Å²) >= 11 is 18.1. The molecule has 0 fully saturated rings. The van der Waals surface area contributed by atoms with Gasteiger partial charge >= 0.3 is 0 Å². The van der Waals surface area contributed by atoms with Crippen LogP contribution >= 0.6 is 34.8 Å². The number of anilines is 1. The summed E-state index contributed by atoms with van der Waals surface area (Å²) in [5, 5.41) is 8.90. The molecule has 1 heterocycles. The molecule has 0 atom stereocenters. The summed E-state index contributed by atoms with van der Waals surface area (Å²) in [6, 6.07) is 19.7. The number of hydrogen-bond donors (Lipinski definition) is 1. The van der Waals surface area contributed by atoms with Gasteiger partial charge in [-0.05, 0) is 53.6 Å². The molecule has 0 aliphatic rings. The first kappa shape index (κ1) is 22.2. The van der Waals surface area contributed by atoms with Gasteiger partial charge < -0.3 is 10.1 Å². The second-order valence-corrected chi connectivity index (χ2v) is 8.34. The van der Waals surface area contributed by atoms with Crippen molar-refractivity contribution in [2.24, 2.45) is 0 Å². The first-order valence-corrected chi connectivity index (χ1v) is 10.8. The highest BCUT2D eigenvalue weighted by Crippen LogP contribution is 2.22. The predicted molar refractivity (Wildman–Crippen MR) is 128 cm³/mol. The third-order valence-corrected chi connectivity index (χ3v) is 5.45. The molecule has 0 unspecified atom stereocenters. The quantitative estimate of drug-likeness (QED) is 0.315. The van der Waals surface area contributed by atoms with E-state index < -0.39 is 0 Å². The van der Waals surface area contributed by atoms with Crippen LogP contribution in [0, 0.1) is 0 Å². The molecule has 1 amide bonds. The molecule has 0 saturated carbocycles. The monoisotopic (exact) mass is 485 g/mol. The summed E-state index contributed by atoms with van der Waals surface area (Å²) in [6.45, 7) is 0.781. The first-order chi connectivity index (χ1) is 15.5. The maximum absolute atomic E-state index is 12.7. The lowest BCUT2D eigenvalue weighted by atomic mass is 10.1. The van der Waals surface area contributed by atoms with Crippen molar-refractivity contribution in [1.29, 1.82) is 0 Å². The minimum absolute atomic E-state index is 0.237. The fraction of sp³-hybridized carbons (Fsp3) is 0.0833. The zero-order valence-corrected chi connectivity index (χ0v) is 19.0. The maximum Gasteiger partial charge on any atom is 0.255 e. The van der Waals surface area contributed by atoms with Crippen molar-refractivity contribution in [3.63, 3.8) is 0 Å². The van der Waals surface area contributed by atoms with Crippen molar-refractivity contribution in [3.05, 3.63) is 111 Å². The van der Waals surface area contributed by atoms with Crippen LogP contribution in [0.25, 0.3) is 0 Å². The third-order valence-electron chi connectivity index (χ3n) is 4.63. The fourth-order valence-electron chi connectivity index (χ4n) is 3.07. The van der Waals surface area contributed by atoms with E-state index in [4.69, 9.17) is 39.5 Å². The van der Waals surface area contributed by atoms with Crippen LogP contribution in [0.5, 0.6) is 5.75 Å². The van der Waals surface area contributed by atoms with Crippen molar-refractivity contribution in [2.75, 3.05) is 5.32 Å². The molecule has 8 heteroatoms. The SMILES string of the molecule is O=C(Nc1cnn(Cc2ccc(Cl)cc2Cl)c1)c1cccc(COc2cccc(Cl)c2)c1. The number of carbonyl (C=O) groups is 1. The van der Waals surface area contributed by atoms with Crippen LogP contribution in [-0.4, -0.2) is 15.7 Å². The number of benzene rings is 3. The first-order valence-electron chi connectivity index (χ1n) is 9.71. The van der Waals surface area contributed by atoms with Crippen LogP contribution in [0.1, 0.15) is 21.5 Å². The Hall–Kier alpha value is -2.99. The fourth-order valence-corrected chi connectivity index (χ4v) is 3.72. The number of nitrogens with one attached hydrogen (secondary N) is 1. The van der Waals surface area contributed by atoms with E-state index in [1.807, 2.05) is 30.3 Å². The molecule has 162 valence electrons. The summed E-state index contributed by atoms with van der Waals surface area (Å²) in [7, 11) is 0. The molecule has 4 aromatic rings. The van der Waals surface area contributed by atoms with Gasteiger partial charge in [0.05, 0.1) is 18.4 Å². The number of ether oxygens (including phenoxy) is 1. The molecule has 4 rings (SSSR count). The molecule has 32 heavy (non-hydrogen) atoms. The van der Waals surface area contributed by atoms with E-state index in [-0.39, 0.29) is 5.91 Å². The summed E-state index contributed by atoms with van der Waals surface area (Å²) in [5.74, 6) is 0.430. The normalized spacial score (nSPS) is 10.7. The highest BCUT2D eigenvalue weighted by molar-refractivity contribution is 6.35. The van der Waals surface area contributed by atoms with Gasteiger partial charge in [-0.1, -0.05) is 59.1 Å². The minimum Gasteiger partial charge on any atom is -0.489 e. The Balaban J connectivity index is 1.38. The predicted octanol–water partition coefficient (Wildman–Crippen LogP) is 6.72. The van der Waals surface area contributed by atoms with E-state index in [0.29, 0.717) is 45.2 Å². The summed E-state index contributed by atoms with van der Waals surface area (Å²) in [5.41, 5.74) is 2.85. The molecular weight excluding hydrogens is 469 g/mol. The molecule has 0 spiro atoms. The Morgan fingerprint density at radius 2 is 1.78 bits per heavy atom. The average Bonchev–Trinajstić information content (AvgIpc) is 3.21. The Morgan fingerprint density at radius 3 is 2.59 bits per heavy atom. The van der Waals surface area contributed by atoms with Gasteiger partial charge in [0.15, 0.2) is 0 Å². The third kappa shape index (κ3) is 5.82. The van der Waals surface area contributed by atoms with Gasteiger partial charge in [-0.2, -0.15) is 5.10 Å². The molecule has 3 aromatic carbocycles. The Bertz CT molecular complexity index is 1260. The van der Waals surface area contributed by atoms with E-state index >= 15 is 0 Å². The second kappa shape index (κ2) is 10.1. The number of aromatic nitrogens is 2. The lowest BCUT2D eigenvalue weighted by Crippen LogP contribution is -2.12. The number of rotatable bonds is 7. The van der Waals surface area contributed by atoms with Crippen molar-refractivity contribution < 1.29 is 9.53 Å². The number of carbonyl (C=O) groups excluding carboxylic acids is 1. The van der Waals surface area contributed by atoms with E-state index in [1.54, 1.807) is 53.5 Å². The number of halogens is 3. The smallest absolute Gasteiger partial charge is 0.255 e. The Kier molecular flexibility index (Phi) is 7.00. The highest BCUT2D eigenvalue weighted by Gasteiger charge is 2.10. The molecular formula is C24H18Cl3N3O2. The Labute approximate surface area is 200 Å². The van der Waals surface area contributed by atoms with Crippen LogP contribution in [-0.2, 0) is 13.2 Å². The minimum atomic E-state index is -0.237. The van der Waals surface area contributed by atoms with E-state index in [0.717, 1.165) is 11.1 Å². The average molecular weight is 487 g/mol. The standard InChI is InChI=1S/C24H18Cl3N3O2/c25-19-5-2-6-22(10-19)32-15-16-3-1-4-17(9-16)24(31)29-21-12-28-30(14-21)13-18-7-8-20(26)11-23(18)27/h1-12,14H,13,15H2,(H,29,31). The summed E-state index contributed by atoms with van der Waals surface area (Å²) in [6.07, 6.45) is 3.34. The second-order valence-electron chi connectivity index (χ2n) is 7.06. The molecule has 5 nitrogen and oxygen atoms in total. The summed E-state index contributed by atoms with van der Waals surface area (Å²) < 4.78 is 7.45. The highest BCUT2D eigenvalue weighted by atomic mass is 35.5. The van der Waals surface area contributed by atoms with Crippen molar-refractivity contribution in [3.8, 4) is 5.75 Å². The van der Waals surface area contributed by atoms with Gasteiger partial charge in [0, 0.05) is 26.8 Å². The van der Waals surface area contributed by atoms with Gasteiger partial charge in [0.25, 0.3) is 5.91 Å². The topological polar surface area (TPSA) is 56.2 Å². The van der Waals surface area contributed by atoms with E-state index in [9.17, 15) is 4.79 Å². The van der Waals surface area contributed by atoms with Gasteiger partial charge in [-0.15, -0.1) is 0 Å². The van der Waals surface area contributed by atoms with Gasteiger partial charge in [-0.3, -0.25) is 9.48 Å². The lowest BCUT2D eigenvalue weighted by molar-refractivity contribution is 0.102. The van der Waals surface area contributed by atoms with E-state index in [1.165, 1.54) is 0 Å². The van der Waals surface area contributed by atoms with Crippen LogP contribution in [0.3, 0.4) is 0 Å². The van der Waals surface area contributed by atoms with Gasteiger partial charge in [0.2, 0.25) is 0 Å². The van der Waals surface area contributed by atoms with E-state index in [2.05, 4.69) is 10.4 Å². The van der Waals surface area contributed by atoms with Crippen molar-refractivity contribution in [2.45, 2.75) is 13.2 Å². The van der Waals surface area contributed by atoms with Crippen molar-refractivity contribution in [1.82, 2.24) is 9.78 Å². The van der Waals surface area contributed by atoms with Crippen LogP contribution in [0.2, 0.25) is 15.1 Å².